The average Bonchev–Trinajstić information content (AvgIpc) is 3.55. The molecule has 7 heteroatoms. The minimum absolute atomic E-state index is 0.454. The molecule has 3 N–H and O–H groups in total. The van der Waals surface area contributed by atoms with E-state index in [9.17, 15) is 0 Å². The summed E-state index contributed by atoms with van der Waals surface area (Å²) in [5.41, 5.74) is 13.6. The van der Waals surface area contributed by atoms with E-state index in [2.05, 4.69) is 56.2 Å². The van der Waals surface area contributed by atoms with Gasteiger partial charge in [0.05, 0.1) is 11.3 Å². The maximum atomic E-state index is 6.32. The van der Waals surface area contributed by atoms with Crippen LogP contribution in [0.2, 0.25) is 0 Å². The fourth-order valence-electron chi connectivity index (χ4n) is 6.30. The smallest absolute Gasteiger partial charge is 0.165 e. The molecule has 5 heterocycles. The molecule has 2 aromatic carbocycles. The van der Waals surface area contributed by atoms with Gasteiger partial charge in [-0.3, -0.25) is 9.47 Å². The topological polar surface area (TPSA) is 84.9 Å². The third-order valence-electron chi connectivity index (χ3n) is 8.44. The van der Waals surface area contributed by atoms with E-state index in [1.807, 2.05) is 42.5 Å². The molecule has 0 radical (unpaired) electrons. The van der Waals surface area contributed by atoms with Crippen LogP contribution in [0.3, 0.4) is 0 Å². The lowest BCUT2D eigenvalue weighted by Gasteiger charge is -2.34. The van der Waals surface area contributed by atoms with Gasteiger partial charge in [0.25, 0.3) is 0 Å². The summed E-state index contributed by atoms with van der Waals surface area (Å²) in [6, 6.07) is 27.0. The maximum absolute atomic E-state index is 6.32. The molecule has 1 spiro atoms. The van der Waals surface area contributed by atoms with Crippen molar-refractivity contribution in [1.29, 1.82) is 0 Å². The van der Waals surface area contributed by atoms with Crippen LogP contribution in [0.25, 0.3) is 39.5 Å². The molecular formula is C32H33N7. The number of pyridine rings is 2. The van der Waals surface area contributed by atoms with E-state index in [1.54, 1.807) is 6.20 Å². The number of anilines is 1. The van der Waals surface area contributed by atoms with Crippen LogP contribution in [-0.2, 0) is 6.54 Å². The Bertz CT molecular complexity index is 1600. The Morgan fingerprint density at radius 2 is 1.67 bits per heavy atom. The second kappa shape index (κ2) is 9.91. The number of nitrogen functional groups attached to an aromatic ring is 1. The normalized spacial score (nSPS) is 17.2. The monoisotopic (exact) mass is 515 g/mol. The summed E-state index contributed by atoms with van der Waals surface area (Å²) >= 11 is 0. The first-order valence-corrected chi connectivity index (χ1v) is 13.9. The van der Waals surface area contributed by atoms with Gasteiger partial charge >= 0.3 is 0 Å². The van der Waals surface area contributed by atoms with Crippen molar-refractivity contribution in [2.45, 2.75) is 25.8 Å². The number of imidazole rings is 1. The standard InChI is InChI=1S/C32H33N7/c33-29-26(7-4-17-35-29)30-37-28-13-12-27(24-5-2-1-3-6-24)36-31(28)39(30)25-10-8-23(9-11-25)21-38-20-16-32(22-38)14-18-34-19-15-32/h1-13,17,34H,14-16,18-22H2,(H2,33,35). The van der Waals surface area contributed by atoms with Gasteiger partial charge in [-0.1, -0.05) is 42.5 Å². The van der Waals surface area contributed by atoms with Gasteiger partial charge in [0.15, 0.2) is 11.5 Å². The number of benzene rings is 2. The number of fused-ring (bicyclic) bond motifs is 1. The van der Waals surface area contributed by atoms with Gasteiger partial charge in [0, 0.05) is 30.5 Å². The van der Waals surface area contributed by atoms with Gasteiger partial charge in [-0.05, 0) is 86.3 Å². The number of hydrogen-bond donors (Lipinski definition) is 2. The van der Waals surface area contributed by atoms with Crippen molar-refractivity contribution >= 4 is 17.0 Å². The molecule has 196 valence electrons. The zero-order valence-electron chi connectivity index (χ0n) is 22.1. The summed E-state index contributed by atoms with van der Waals surface area (Å²) in [6.07, 6.45) is 5.63. The minimum atomic E-state index is 0.454. The van der Waals surface area contributed by atoms with E-state index in [0.717, 1.165) is 59.1 Å². The lowest BCUT2D eigenvalue weighted by molar-refractivity contribution is 0.194. The predicted octanol–water partition coefficient (Wildman–Crippen LogP) is 5.31. The number of nitrogens with two attached hydrogens (primary N) is 1. The summed E-state index contributed by atoms with van der Waals surface area (Å²) in [5, 5.41) is 3.52. The van der Waals surface area contributed by atoms with Crippen molar-refractivity contribution in [3.8, 4) is 28.3 Å². The summed E-state index contributed by atoms with van der Waals surface area (Å²) < 4.78 is 2.11. The van der Waals surface area contributed by atoms with E-state index < -0.39 is 0 Å². The first kappa shape index (κ1) is 24.0. The summed E-state index contributed by atoms with van der Waals surface area (Å²) in [4.78, 5) is 17.0. The highest BCUT2D eigenvalue weighted by atomic mass is 15.2. The third kappa shape index (κ3) is 4.58. The summed E-state index contributed by atoms with van der Waals surface area (Å²) in [5.74, 6) is 1.20. The highest BCUT2D eigenvalue weighted by Gasteiger charge is 2.38. The van der Waals surface area contributed by atoms with Crippen LogP contribution in [0.4, 0.5) is 5.82 Å². The van der Waals surface area contributed by atoms with Crippen molar-refractivity contribution in [3.63, 3.8) is 0 Å². The number of hydrogen-bond acceptors (Lipinski definition) is 6. The Morgan fingerprint density at radius 1 is 0.846 bits per heavy atom. The Kier molecular flexibility index (Phi) is 6.10. The maximum Gasteiger partial charge on any atom is 0.165 e. The van der Waals surface area contributed by atoms with E-state index in [-0.39, 0.29) is 0 Å². The lowest BCUT2D eigenvalue weighted by Crippen LogP contribution is -2.38. The molecule has 0 bridgehead atoms. The van der Waals surface area contributed by atoms with E-state index in [4.69, 9.17) is 15.7 Å². The zero-order chi connectivity index (χ0) is 26.2. The summed E-state index contributed by atoms with van der Waals surface area (Å²) in [6.45, 7) is 5.69. The molecule has 2 saturated heterocycles. The first-order chi connectivity index (χ1) is 19.2. The van der Waals surface area contributed by atoms with Gasteiger partial charge in [0.2, 0.25) is 0 Å². The number of rotatable bonds is 5. The van der Waals surface area contributed by atoms with Crippen LogP contribution in [0.15, 0.2) is 85.1 Å². The molecule has 2 fully saturated rings. The predicted molar refractivity (Wildman–Crippen MR) is 156 cm³/mol. The molecule has 2 aliphatic rings. The molecule has 0 saturated carbocycles. The van der Waals surface area contributed by atoms with Crippen LogP contribution in [-0.4, -0.2) is 50.6 Å². The van der Waals surface area contributed by atoms with Gasteiger partial charge in [0.1, 0.15) is 11.3 Å². The molecule has 0 unspecified atom stereocenters. The molecule has 7 rings (SSSR count). The SMILES string of the molecule is Nc1ncccc1-c1nc2ccc(-c3ccccc3)nc2n1-c1ccc(CN2CCC3(CCNCC3)C2)cc1. The third-order valence-corrected chi connectivity index (χ3v) is 8.44. The van der Waals surface area contributed by atoms with Crippen LogP contribution < -0.4 is 11.1 Å². The molecule has 0 aliphatic carbocycles. The fourth-order valence-corrected chi connectivity index (χ4v) is 6.30. The molecule has 2 aliphatic heterocycles. The quantitative estimate of drug-likeness (QED) is 0.330. The number of aromatic nitrogens is 4. The second-order valence-electron chi connectivity index (χ2n) is 11.0. The van der Waals surface area contributed by atoms with E-state index in [0.29, 0.717) is 11.2 Å². The van der Waals surface area contributed by atoms with Gasteiger partial charge < -0.3 is 11.1 Å². The molecule has 3 aromatic heterocycles. The molecule has 39 heavy (non-hydrogen) atoms. The number of nitrogens with one attached hydrogen (secondary N) is 1. The highest BCUT2D eigenvalue weighted by Crippen LogP contribution is 2.39. The van der Waals surface area contributed by atoms with Crippen LogP contribution >= 0.6 is 0 Å². The molecule has 0 atom stereocenters. The van der Waals surface area contributed by atoms with Crippen molar-refractivity contribution in [2.24, 2.45) is 5.41 Å². The van der Waals surface area contributed by atoms with Gasteiger partial charge in [-0.2, -0.15) is 0 Å². The van der Waals surface area contributed by atoms with Crippen molar-refractivity contribution < 1.29 is 0 Å². The van der Waals surface area contributed by atoms with Crippen molar-refractivity contribution in [2.75, 3.05) is 31.9 Å². The molecular weight excluding hydrogens is 482 g/mol. The highest BCUT2D eigenvalue weighted by molar-refractivity contribution is 5.84. The second-order valence-corrected chi connectivity index (χ2v) is 11.0. The minimum Gasteiger partial charge on any atom is -0.383 e. The van der Waals surface area contributed by atoms with Crippen molar-refractivity contribution in [3.05, 3.63) is 90.6 Å². The molecule has 5 aromatic rings. The Hall–Kier alpha value is -4.07. The number of likely N-dealkylation sites (tertiary alicyclic amines) is 1. The Morgan fingerprint density at radius 3 is 2.46 bits per heavy atom. The van der Waals surface area contributed by atoms with Gasteiger partial charge in [-0.15, -0.1) is 0 Å². The molecule has 7 nitrogen and oxygen atoms in total. The van der Waals surface area contributed by atoms with E-state index >= 15 is 0 Å². The first-order valence-electron chi connectivity index (χ1n) is 13.9. The molecule has 0 amide bonds. The largest absolute Gasteiger partial charge is 0.383 e. The zero-order valence-corrected chi connectivity index (χ0v) is 22.1. The Balaban J connectivity index is 1.25. The van der Waals surface area contributed by atoms with Crippen LogP contribution in [0.1, 0.15) is 24.8 Å². The average molecular weight is 516 g/mol. The van der Waals surface area contributed by atoms with E-state index in [1.165, 1.54) is 37.9 Å². The number of piperidine rings is 1. The number of nitrogens with zero attached hydrogens (tertiary/aromatic N) is 5. The van der Waals surface area contributed by atoms with Crippen LogP contribution in [0, 0.1) is 5.41 Å². The Labute approximate surface area is 228 Å². The fraction of sp³-hybridized carbons (Fsp3) is 0.281. The van der Waals surface area contributed by atoms with Gasteiger partial charge in [-0.25, -0.2) is 15.0 Å². The van der Waals surface area contributed by atoms with Crippen LogP contribution in [0.5, 0.6) is 0 Å². The summed E-state index contributed by atoms with van der Waals surface area (Å²) in [7, 11) is 0. The van der Waals surface area contributed by atoms with Crippen molar-refractivity contribution in [1.82, 2.24) is 29.7 Å². The lowest BCUT2D eigenvalue weighted by atomic mass is 9.78.